The SMILES string of the molecule is CN1CCN(C(=O)C2CCc3sc(C(=O)N4CCCC4)cc3C2)CC1. The maximum Gasteiger partial charge on any atom is 0.263 e. The number of fused-ring (bicyclic) bond motifs is 1. The maximum atomic E-state index is 12.9. The molecule has 2 fully saturated rings. The van der Waals surface area contributed by atoms with Crippen molar-refractivity contribution in [3.8, 4) is 0 Å². The molecule has 136 valence electrons. The summed E-state index contributed by atoms with van der Waals surface area (Å²) in [5.74, 6) is 0.608. The molecular formula is C19H27N3O2S. The summed E-state index contributed by atoms with van der Waals surface area (Å²) in [4.78, 5) is 34.0. The summed E-state index contributed by atoms with van der Waals surface area (Å²) in [6.45, 7) is 5.42. The average Bonchev–Trinajstić information content (AvgIpc) is 3.30. The van der Waals surface area contributed by atoms with E-state index in [0.29, 0.717) is 5.91 Å². The van der Waals surface area contributed by atoms with Crippen LogP contribution in [0.5, 0.6) is 0 Å². The summed E-state index contributed by atoms with van der Waals surface area (Å²) in [6.07, 6.45) is 4.93. The van der Waals surface area contributed by atoms with Gasteiger partial charge in [-0.1, -0.05) is 0 Å². The lowest BCUT2D eigenvalue weighted by Crippen LogP contribution is -2.49. The zero-order valence-electron chi connectivity index (χ0n) is 15.0. The first-order valence-electron chi connectivity index (χ1n) is 9.50. The number of hydrogen-bond acceptors (Lipinski definition) is 4. The standard InChI is InChI=1S/C19H27N3O2S/c1-20-8-10-22(11-9-20)18(23)14-4-5-16-15(12-14)13-17(25-16)19(24)21-6-2-3-7-21/h13-14H,2-12H2,1H3. The number of likely N-dealkylation sites (tertiary alicyclic amines) is 1. The fourth-order valence-corrected chi connectivity index (χ4v) is 5.38. The Kier molecular flexibility index (Phi) is 4.82. The highest BCUT2D eigenvalue weighted by Gasteiger charge is 2.32. The highest BCUT2D eigenvalue weighted by molar-refractivity contribution is 7.14. The number of piperazine rings is 1. The van der Waals surface area contributed by atoms with Crippen molar-refractivity contribution in [1.82, 2.24) is 14.7 Å². The fraction of sp³-hybridized carbons (Fsp3) is 0.684. The number of carbonyl (C=O) groups is 2. The van der Waals surface area contributed by atoms with Crippen molar-refractivity contribution >= 4 is 23.2 Å². The molecule has 1 aromatic heterocycles. The van der Waals surface area contributed by atoms with E-state index in [1.165, 1.54) is 10.4 Å². The molecule has 2 saturated heterocycles. The molecule has 25 heavy (non-hydrogen) atoms. The number of amides is 2. The number of rotatable bonds is 2. The molecule has 1 aliphatic carbocycles. The van der Waals surface area contributed by atoms with Crippen molar-refractivity contribution < 1.29 is 9.59 Å². The number of hydrogen-bond donors (Lipinski definition) is 0. The van der Waals surface area contributed by atoms with E-state index in [2.05, 4.69) is 18.0 Å². The molecule has 0 aromatic carbocycles. The molecule has 5 nitrogen and oxygen atoms in total. The van der Waals surface area contributed by atoms with Gasteiger partial charge in [0, 0.05) is 50.1 Å². The molecule has 6 heteroatoms. The first-order valence-corrected chi connectivity index (χ1v) is 10.3. The molecule has 1 aromatic rings. The third kappa shape index (κ3) is 3.47. The normalized spacial score (nSPS) is 24.4. The molecule has 0 N–H and O–H groups in total. The molecule has 2 amide bonds. The Hall–Kier alpha value is -1.40. The van der Waals surface area contributed by atoms with Crippen LogP contribution in [-0.4, -0.2) is 72.8 Å². The zero-order valence-corrected chi connectivity index (χ0v) is 15.8. The Balaban J connectivity index is 1.42. The second-order valence-electron chi connectivity index (χ2n) is 7.63. The van der Waals surface area contributed by atoms with Gasteiger partial charge >= 0.3 is 0 Å². The number of nitrogens with zero attached hydrogens (tertiary/aromatic N) is 3. The Morgan fingerprint density at radius 3 is 2.48 bits per heavy atom. The van der Waals surface area contributed by atoms with E-state index < -0.39 is 0 Å². The van der Waals surface area contributed by atoms with E-state index in [0.717, 1.165) is 76.2 Å². The fourth-order valence-electron chi connectivity index (χ4n) is 4.20. The van der Waals surface area contributed by atoms with Gasteiger partial charge in [0.2, 0.25) is 5.91 Å². The lowest BCUT2D eigenvalue weighted by atomic mass is 9.87. The number of likely N-dealkylation sites (N-methyl/N-ethyl adjacent to an activating group) is 1. The quantitative estimate of drug-likeness (QED) is 0.808. The molecule has 3 aliphatic rings. The van der Waals surface area contributed by atoms with Crippen molar-refractivity contribution in [2.75, 3.05) is 46.3 Å². The highest BCUT2D eigenvalue weighted by atomic mass is 32.1. The Morgan fingerprint density at radius 2 is 1.76 bits per heavy atom. The van der Waals surface area contributed by atoms with Gasteiger partial charge in [0.15, 0.2) is 0 Å². The molecule has 0 radical (unpaired) electrons. The van der Waals surface area contributed by atoms with Crippen molar-refractivity contribution in [3.05, 3.63) is 21.4 Å². The second kappa shape index (κ2) is 7.08. The van der Waals surface area contributed by atoms with Gasteiger partial charge in [0.1, 0.15) is 0 Å². The summed E-state index contributed by atoms with van der Waals surface area (Å²) in [7, 11) is 2.11. The van der Waals surface area contributed by atoms with Crippen LogP contribution in [-0.2, 0) is 17.6 Å². The van der Waals surface area contributed by atoms with E-state index in [4.69, 9.17) is 0 Å². The summed E-state index contributed by atoms with van der Waals surface area (Å²) in [6, 6.07) is 2.07. The van der Waals surface area contributed by atoms with Crippen LogP contribution in [0.1, 0.15) is 39.4 Å². The van der Waals surface area contributed by atoms with Crippen molar-refractivity contribution in [1.29, 1.82) is 0 Å². The summed E-state index contributed by atoms with van der Waals surface area (Å²) in [5.41, 5.74) is 1.24. The van der Waals surface area contributed by atoms with Crippen LogP contribution in [0.25, 0.3) is 0 Å². The van der Waals surface area contributed by atoms with Crippen molar-refractivity contribution in [2.24, 2.45) is 5.92 Å². The first kappa shape index (κ1) is 17.0. The van der Waals surface area contributed by atoms with Gasteiger partial charge in [0.25, 0.3) is 5.91 Å². The van der Waals surface area contributed by atoms with Gasteiger partial charge in [-0.3, -0.25) is 9.59 Å². The van der Waals surface area contributed by atoms with Gasteiger partial charge in [0.05, 0.1) is 4.88 Å². The Bertz CT molecular complexity index is 658. The zero-order chi connectivity index (χ0) is 17.4. The maximum absolute atomic E-state index is 12.9. The van der Waals surface area contributed by atoms with Crippen LogP contribution in [0, 0.1) is 5.92 Å². The second-order valence-corrected chi connectivity index (χ2v) is 8.76. The van der Waals surface area contributed by atoms with Crippen LogP contribution in [0.15, 0.2) is 6.07 Å². The smallest absolute Gasteiger partial charge is 0.263 e. The van der Waals surface area contributed by atoms with Gasteiger partial charge < -0.3 is 14.7 Å². The van der Waals surface area contributed by atoms with E-state index >= 15 is 0 Å². The number of aryl methyl sites for hydroxylation is 1. The third-order valence-electron chi connectivity index (χ3n) is 5.85. The van der Waals surface area contributed by atoms with Crippen LogP contribution < -0.4 is 0 Å². The lowest BCUT2D eigenvalue weighted by Gasteiger charge is -2.35. The molecule has 1 atom stereocenters. The van der Waals surface area contributed by atoms with Gasteiger partial charge in [-0.2, -0.15) is 0 Å². The van der Waals surface area contributed by atoms with E-state index in [-0.39, 0.29) is 11.8 Å². The highest BCUT2D eigenvalue weighted by Crippen LogP contribution is 2.34. The summed E-state index contributed by atoms with van der Waals surface area (Å²) in [5, 5.41) is 0. The largest absolute Gasteiger partial charge is 0.340 e. The lowest BCUT2D eigenvalue weighted by molar-refractivity contribution is -0.137. The molecule has 0 saturated carbocycles. The van der Waals surface area contributed by atoms with Crippen molar-refractivity contribution in [3.63, 3.8) is 0 Å². The van der Waals surface area contributed by atoms with Crippen LogP contribution in [0.4, 0.5) is 0 Å². The third-order valence-corrected chi connectivity index (χ3v) is 7.08. The van der Waals surface area contributed by atoms with Gasteiger partial charge in [-0.15, -0.1) is 11.3 Å². The van der Waals surface area contributed by atoms with Crippen LogP contribution in [0.3, 0.4) is 0 Å². The molecule has 1 unspecified atom stereocenters. The minimum Gasteiger partial charge on any atom is -0.340 e. The Morgan fingerprint density at radius 1 is 1.04 bits per heavy atom. The average molecular weight is 362 g/mol. The molecule has 3 heterocycles. The van der Waals surface area contributed by atoms with Gasteiger partial charge in [-0.05, 0) is 50.8 Å². The molecule has 0 bridgehead atoms. The van der Waals surface area contributed by atoms with Crippen LogP contribution >= 0.6 is 11.3 Å². The van der Waals surface area contributed by atoms with E-state index in [1.807, 2.05) is 9.80 Å². The molecular weight excluding hydrogens is 334 g/mol. The minimum atomic E-state index is 0.0974. The van der Waals surface area contributed by atoms with Gasteiger partial charge in [-0.25, -0.2) is 0 Å². The summed E-state index contributed by atoms with van der Waals surface area (Å²) < 4.78 is 0. The first-order chi connectivity index (χ1) is 12.1. The number of carbonyl (C=O) groups excluding carboxylic acids is 2. The summed E-state index contributed by atoms with van der Waals surface area (Å²) >= 11 is 1.66. The molecule has 4 rings (SSSR count). The minimum absolute atomic E-state index is 0.0974. The molecule has 2 aliphatic heterocycles. The van der Waals surface area contributed by atoms with E-state index in [1.54, 1.807) is 11.3 Å². The Labute approximate surface area is 153 Å². The van der Waals surface area contributed by atoms with Crippen molar-refractivity contribution in [2.45, 2.75) is 32.1 Å². The number of thiophene rings is 1. The van der Waals surface area contributed by atoms with Crippen LogP contribution in [0.2, 0.25) is 0 Å². The molecule has 0 spiro atoms. The predicted molar refractivity (Wildman–Crippen MR) is 99.0 cm³/mol. The monoisotopic (exact) mass is 361 g/mol. The predicted octanol–water partition coefficient (Wildman–Crippen LogP) is 1.86. The topological polar surface area (TPSA) is 43.9 Å². The van der Waals surface area contributed by atoms with E-state index in [9.17, 15) is 9.59 Å².